The summed E-state index contributed by atoms with van der Waals surface area (Å²) in [5, 5.41) is 0.746. The van der Waals surface area contributed by atoms with E-state index in [1.54, 1.807) is 9.80 Å². The molecule has 2 aromatic carbocycles. The van der Waals surface area contributed by atoms with Crippen LogP contribution in [0.3, 0.4) is 0 Å². The number of rotatable bonds is 4. The predicted molar refractivity (Wildman–Crippen MR) is 105 cm³/mol. The molecule has 7 heteroatoms. The maximum Gasteiger partial charge on any atom is 0.261 e. The number of fused-ring (bicyclic) bond motifs is 1. The first-order chi connectivity index (χ1) is 13.6. The molecule has 1 aromatic heterocycles. The average Bonchev–Trinajstić information content (AvgIpc) is 2.74. The Labute approximate surface area is 162 Å². The van der Waals surface area contributed by atoms with Gasteiger partial charge < -0.3 is 14.5 Å². The van der Waals surface area contributed by atoms with E-state index < -0.39 is 0 Å². The van der Waals surface area contributed by atoms with Crippen LogP contribution in [0.5, 0.6) is 5.88 Å². The molecule has 1 saturated heterocycles. The van der Waals surface area contributed by atoms with Crippen molar-refractivity contribution in [1.29, 1.82) is 0 Å². The van der Waals surface area contributed by atoms with Gasteiger partial charge in [0, 0.05) is 18.3 Å². The Kier molecular flexibility index (Phi) is 4.89. The fraction of sp³-hybridized carbons (Fsp3) is 0.238. The van der Waals surface area contributed by atoms with E-state index in [0.717, 1.165) is 16.6 Å². The molecule has 0 N–H and O–H groups in total. The number of benzene rings is 2. The molecule has 1 aliphatic heterocycles. The second-order valence-electron chi connectivity index (χ2n) is 6.70. The van der Waals surface area contributed by atoms with Gasteiger partial charge in [0.15, 0.2) is 6.61 Å². The molecular formula is C21H20N4O3. The average molecular weight is 376 g/mol. The van der Waals surface area contributed by atoms with Crippen LogP contribution in [0.4, 0.5) is 5.69 Å². The standard InChI is InChI=1S/C21H20N4O3/c1-15-11-25(16-7-3-2-4-8-16)19(26)12-24(15)20(27)13-28-21-17-9-5-6-10-18(17)22-14-23-21/h2-10,14-15H,11-13H2,1H3/t15-/m0/s1. The largest absolute Gasteiger partial charge is 0.467 e. The molecule has 142 valence electrons. The van der Waals surface area contributed by atoms with E-state index in [1.165, 1.54) is 6.33 Å². The third-order valence-electron chi connectivity index (χ3n) is 4.81. The van der Waals surface area contributed by atoms with Crippen LogP contribution in [0, 0.1) is 0 Å². The van der Waals surface area contributed by atoms with Crippen LogP contribution in [-0.4, -0.2) is 52.4 Å². The third kappa shape index (κ3) is 3.51. The first kappa shape index (κ1) is 17.9. The molecular weight excluding hydrogens is 356 g/mol. The minimum absolute atomic E-state index is 0.0305. The first-order valence-electron chi connectivity index (χ1n) is 9.11. The molecule has 3 aromatic rings. The Morgan fingerprint density at radius 1 is 1.11 bits per heavy atom. The molecule has 0 unspecified atom stereocenters. The number of anilines is 1. The van der Waals surface area contributed by atoms with Crippen LogP contribution in [0.25, 0.3) is 10.9 Å². The van der Waals surface area contributed by atoms with Gasteiger partial charge in [-0.05, 0) is 31.2 Å². The summed E-state index contributed by atoms with van der Waals surface area (Å²) in [6.45, 7) is 2.23. The number of hydrogen-bond acceptors (Lipinski definition) is 5. The van der Waals surface area contributed by atoms with Gasteiger partial charge in [-0.2, -0.15) is 0 Å². The van der Waals surface area contributed by atoms with E-state index in [0.29, 0.717) is 12.4 Å². The van der Waals surface area contributed by atoms with E-state index >= 15 is 0 Å². The maximum atomic E-state index is 12.7. The number of para-hydroxylation sites is 2. The maximum absolute atomic E-state index is 12.7. The minimum atomic E-state index is -0.240. The number of carbonyl (C=O) groups is 2. The molecule has 0 bridgehead atoms. The van der Waals surface area contributed by atoms with E-state index in [1.807, 2.05) is 61.5 Å². The van der Waals surface area contributed by atoms with Gasteiger partial charge >= 0.3 is 0 Å². The summed E-state index contributed by atoms with van der Waals surface area (Å²) < 4.78 is 5.66. The molecule has 2 amide bonds. The van der Waals surface area contributed by atoms with Crippen molar-refractivity contribution in [1.82, 2.24) is 14.9 Å². The highest BCUT2D eigenvalue weighted by atomic mass is 16.5. The van der Waals surface area contributed by atoms with Crippen molar-refractivity contribution in [2.45, 2.75) is 13.0 Å². The fourth-order valence-electron chi connectivity index (χ4n) is 3.35. The van der Waals surface area contributed by atoms with Gasteiger partial charge in [0.05, 0.1) is 10.9 Å². The second-order valence-corrected chi connectivity index (χ2v) is 6.70. The molecule has 28 heavy (non-hydrogen) atoms. The zero-order valence-corrected chi connectivity index (χ0v) is 15.5. The fourth-order valence-corrected chi connectivity index (χ4v) is 3.35. The van der Waals surface area contributed by atoms with Crippen molar-refractivity contribution in [2.75, 3.05) is 24.6 Å². The number of carbonyl (C=O) groups excluding carboxylic acids is 2. The van der Waals surface area contributed by atoms with Gasteiger partial charge in [-0.25, -0.2) is 9.97 Å². The van der Waals surface area contributed by atoms with Crippen molar-refractivity contribution in [3.63, 3.8) is 0 Å². The number of aromatic nitrogens is 2. The van der Waals surface area contributed by atoms with Crippen LogP contribution in [0.15, 0.2) is 60.9 Å². The minimum Gasteiger partial charge on any atom is -0.467 e. The van der Waals surface area contributed by atoms with Crippen LogP contribution < -0.4 is 9.64 Å². The predicted octanol–water partition coefficient (Wildman–Crippen LogP) is 2.27. The Balaban J connectivity index is 1.43. The summed E-state index contributed by atoms with van der Waals surface area (Å²) in [6, 6.07) is 16.8. The molecule has 0 saturated carbocycles. The summed E-state index contributed by atoms with van der Waals surface area (Å²) >= 11 is 0. The Morgan fingerprint density at radius 3 is 2.68 bits per heavy atom. The lowest BCUT2D eigenvalue weighted by Gasteiger charge is -2.39. The summed E-state index contributed by atoms with van der Waals surface area (Å²) in [6.07, 6.45) is 1.41. The van der Waals surface area contributed by atoms with Gasteiger partial charge in [0.25, 0.3) is 5.91 Å². The smallest absolute Gasteiger partial charge is 0.261 e. The summed E-state index contributed by atoms with van der Waals surface area (Å²) in [5.74, 6) is 0.0160. The van der Waals surface area contributed by atoms with Crippen molar-refractivity contribution in [2.24, 2.45) is 0 Å². The monoisotopic (exact) mass is 376 g/mol. The lowest BCUT2D eigenvalue weighted by molar-refractivity contribution is -0.141. The number of ether oxygens (including phenoxy) is 1. The number of amides is 2. The molecule has 0 radical (unpaired) electrons. The number of nitrogens with zero attached hydrogens (tertiary/aromatic N) is 4. The SMILES string of the molecule is C[C@H]1CN(c2ccccc2)C(=O)CN1C(=O)COc1ncnc2ccccc12. The molecule has 1 aliphatic rings. The van der Waals surface area contributed by atoms with Gasteiger partial charge in [-0.1, -0.05) is 30.3 Å². The highest BCUT2D eigenvalue weighted by Crippen LogP contribution is 2.22. The summed E-state index contributed by atoms with van der Waals surface area (Å²) in [4.78, 5) is 36.9. The topological polar surface area (TPSA) is 75.6 Å². The van der Waals surface area contributed by atoms with Crippen molar-refractivity contribution in [3.05, 3.63) is 60.9 Å². The van der Waals surface area contributed by atoms with Crippen molar-refractivity contribution >= 4 is 28.4 Å². The lowest BCUT2D eigenvalue weighted by atomic mass is 10.1. The van der Waals surface area contributed by atoms with Crippen LogP contribution in [0.1, 0.15) is 6.92 Å². The third-order valence-corrected chi connectivity index (χ3v) is 4.81. The Hall–Kier alpha value is -3.48. The lowest BCUT2D eigenvalue weighted by Crippen LogP contribution is -2.58. The first-order valence-corrected chi connectivity index (χ1v) is 9.11. The zero-order valence-electron chi connectivity index (χ0n) is 15.5. The van der Waals surface area contributed by atoms with Crippen molar-refractivity contribution in [3.8, 4) is 5.88 Å². The Morgan fingerprint density at radius 2 is 1.86 bits per heavy atom. The molecule has 7 nitrogen and oxygen atoms in total. The van der Waals surface area contributed by atoms with E-state index in [-0.39, 0.29) is 31.0 Å². The van der Waals surface area contributed by atoms with E-state index in [9.17, 15) is 9.59 Å². The van der Waals surface area contributed by atoms with Crippen LogP contribution in [0.2, 0.25) is 0 Å². The molecule has 0 spiro atoms. The van der Waals surface area contributed by atoms with Crippen LogP contribution >= 0.6 is 0 Å². The van der Waals surface area contributed by atoms with Crippen LogP contribution in [-0.2, 0) is 9.59 Å². The summed E-state index contributed by atoms with van der Waals surface area (Å²) in [5.41, 5.74) is 1.59. The van der Waals surface area contributed by atoms with Gasteiger partial charge in [-0.3, -0.25) is 9.59 Å². The molecule has 1 atom stereocenters. The Bertz CT molecular complexity index is 1000. The van der Waals surface area contributed by atoms with Gasteiger partial charge in [-0.15, -0.1) is 0 Å². The zero-order chi connectivity index (χ0) is 19.5. The van der Waals surface area contributed by atoms with Gasteiger partial charge in [0.1, 0.15) is 12.9 Å². The highest BCUT2D eigenvalue weighted by molar-refractivity contribution is 5.98. The molecule has 2 heterocycles. The van der Waals surface area contributed by atoms with E-state index in [4.69, 9.17) is 4.74 Å². The summed E-state index contributed by atoms with van der Waals surface area (Å²) in [7, 11) is 0. The molecule has 0 aliphatic carbocycles. The molecule has 1 fully saturated rings. The van der Waals surface area contributed by atoms with Crippen molar-refractivity contribution < 1.29 is 14.3 Å². The quantitative estimate of drug-likeness (QED) is 0.698. The van der Waals surface area contributed by atoms with Gasteiger partial charge in [0.2, 0.25) is 11.8 Å². The number of piperazine rings is 1. The number of hydrogen-bond donors (Lipinski definition) is 0. The normalized spacial score (nSPS) is 17.0. The highest BCUT2D eigenvalue weighted by Gasteiger charge is 2.33. The molecule has 4 rings (SSSR count). The second kappa shape index (κ2) is 7.64. The van der Waals surface area contributed by atoms with E-state index in [2.05, 4.69) is 9.97 Å².